The fraction of sp³-hybridized carbons (Fsp3) is 0.647. The molecular weight excluding hydrogens is 326 g/mol. The van der Waals surface area contributed by atoms with Crippen molar-refractivity contribution in [3.05, 3.63) is 21.4 Å². The highest BCUT2D eigenvalue weighted by Crippen LogP contribution is 2.27. The normalized spacial score (nSPS) is 21.2. The van der Waals surface area contributed by atoms with Crippen LogP contribution in [0.4, 0.5) is 4.79 Å². The van der Waals surface area contributed by atoms with Gasteiger partial charge in [-0.2, -0.15) is 0 Å². The van der Waals surface area contributed by atoms with E-state index in [-0.39, 0.29) is 30.7 Å². The van der Waals surface area contributed by atoms with Gasteiger partial charge in [0, 0.05) is 21.8 Å². The van der Waals surface area contributed by atoms with Crippen molar-refractivity contribution in [3.8, 4) is 0 Å². The summed E-state index contributed by atoms with van der Waals surface area (Å²) in [5.74, 6) is -0.804. The van der Waals surface area contributed by atoms with Crippen LogP contribution < -0.4 is 10.6 Å². The van der Waals surface area contributed by atoms with E-state index in [9.17, 15) is 9.59 Å². The molecule has 1 aromatic rings. The Morgan fingerprint density at radius 3 is 2.58 bits per heavy atom. The van der Waals surface area contributed by atoms with E-state index in [1.807, 2.05) is 18.7 Å². The van der Waals surface area contributed by atoms with Gasteiger partial charge in [0.15, 0.2) is 0 Å². The first kappa shape index (κ1) is 18.7. The Hall–Kier alpha value is -1.60. The zero-order chi connectivity index (χ0) is 17.9. The van der Waals surface area contributed by atoms with Crippen LogP contribution in [-0.4, -0.2) is 47.2 Å². The van der Waals surface area contributed by atoms with Crippen LogP contribution in [-0.2, 0) is 4.79 Å². The van der Waals surface area contributed by atoms with Gasteiger partial charge in [-0.15, -0.1) is 11.3 Å². The molecule has 2 rings (SSSR count). The van der Waals surface area contributed by atoms with E-state index >= 15 is 0 Å². The van der Waals surface area contributed by atoms with Crippen LogP contribution in [0.25, 0.3) is 0 Å². The second kappa shape index (κ2) is 7.98. The maximum absolute atomic E-state index is 12.1. The lowest BCUT2D eigenvalue weighted by atomic mass is 9.85. The number of thiophene rings is 1. The number of nitrogens with zero attached hydrogens (tertiary/aromatic N) is 1. The monoisotopic (exact) mass is 353 g/mol. The number of carboxylic acids is 1. The highest BCUT2D eigenvalue weighted by Gasteiger charge is 2.34. The van der Waals surface area contributed by atoms with E-state index in [0.29, 0.717) is 6.54 Å². The average molecular weight is 353 g/mol. The van der Waals surface area contributed by atoms with Crippen LogP contribution in [0.2, 0.25) is 0 Å². The SMILES string of the molecule is CCN(CC(=O)O)C1CC(NC(=O)NC(C)c2cc(C)sc2C)C1. The van der Waals surface area contributed by atoms with Gasteiger partial charge in [-0.05, 0) is 51.8 Å². The number of aryl methyl sites for hydroxylation is 2. The molecule has 134 valence electrons. The summed E-state index contributed by atoms with van der Waals surface area (Å²) >= 11 is 1.74. The van der Waals surface area contributed by atoms with Crippen molar-refractivity contribution >= 4 is 23.3 Å². The van der Waals surface area contributed by atoms with Crippen molar-refractivity contribution in [2.45, 2.75) is 58.7 Å². The molecule has 1 fully saturated rings. The summed E-state index contributed by atoms with van der Waals surface area (Å²) in [6.07, 6.45) is 1.61. The van der Waals surface area contributed by atoms with Gasteiger partial charge in [-0.1, -0.05) is 6.92 Å². The largest absolute Gasteiger partial charge is 0.480 e. The molecule has 1 unspecified atom stereocenters. The third-order valence-electron chi connectivity index (χ3n) is 4.60. The summed E-state index contributed by atoms with van der Waals surface area (Å²) in [6, 6.07) is 2.31. The Balaban J connectivity index is 1.76. The van der Waals surface area contributed by atoms with Crippen molar-refractivity contribution in [2.75, 3.05) is 13.1 Å². The average Bonchev–Trinajstić information content (AvgIpc) is 2.79. The fourth-order valence-electron chi connectivity index (χ4n) is 3.26. The molecular formula is C17H27N3O3S. The Morgan fingerprint density at radius 1 is 1.42 bits per heavy atom. The van der Waals surface area contributed by atoms with E-state index in [1.54, 1.807) is 11.3 Å². The lowest BCUT2D eigenvalue weighted by Gasteiger charge is -2.42. The molecule has 0 aromatic carbocycles. The molecule has 3 N–H and O–H groups in total. The van der Waals surface area contributed by atoms with Crippen LogP contribution in [0.3, 0.4) is 0 Å². The molecule has 1 aliphatic carbocycles. The second-order valence-electron chi connectivity index (χ2n) is 6.49. The van der Waals surface area contributed by atoms with E-state index in [2.05, 4.69) is 30.5 Å². The molecule has 7 heteroatoms. The number of carboxylic acid groups (broad SMARTS) is 1. The first-order valence-electron chi connectivity index (χ1n) is 8.40. The van der Waals surface area contributed by atoms with Crippen molar-refractivity contribution < 1.29 is 14.7 Å². The molecule has 0 aliphatic heterocycles. The number of amides is 2. The van der Waals surface area contributed by atoms with Crippen LogP contribution in [0, 0.1) is 13.8 Å². The van der Waals surface area contributed by atoms with E-state index in [1.165, 1.54) is 9.75 Å². The summed E-state index contributed by atoms with van der Waals surface area (Å²) in [7, 11) is 0. The molecule has 2 amide bonds. The number of urea groups is 1. The van der Waals surface area contributed by atoms with Crippen LogP contribution in [0.15, 0.2) is 6.07 Å². The van der Waals surface area contributed by atoms with Gasteiger partial charge >= 0.3 is 12.0 Å². The number of hydrogen-bond acceptors (Lipinski definition) is 4. The summed E-state index contributed by atoms with van der Waals surface area (Å²) in [4.78, 5) is 27.4. The molecule has 1 heterocycles. The van der Waals surface area contributed by atoms with Crippen LogP contribution in [0.5, 0.6) is 0 Å². The number of rotatable bonds is 7. The predicted octanol–water partition coefficient (Wildman–Crippen LogP) is 2.66. The molecule has 1 atom stereocenters. The van der Waals surface area contributed by atoms with Crippen molar-refractivity contribution in [2.24, 2.45) is 0 Å². The third kappa shape index (κ3) is 4.70. The zero-order valence-corrected chi connectivity index (χ0v) is 15.6. The van der Waals surface area contributed by atoms with Gasteiger partial charge in [0.05, 0.1) is 12.6 Å². The van der Waals surface area contributed by atoms with Gasteiger partial charge in [-0.25, -0.2) is 4.79 Å². The minimum Gasteiger partial charge on any atom is -0.480 e. The Morgan fingerprint density at radius 2 is 2.08 bits per heavy atom. The number of likely N-dealkylation sites (N-methyl/N-ethyl adjacent to an activating group) is 1. The highest BCUT2D eigenvalue weighted by atomic mass is 32.1. The summed E-state index contributed by atoms with van der Waals surface area (Å²) in [5.41, 5.74) is 1.16. The first-order valence-corrected chi connectivity index (χ1v) is 9.21. The Kier molecular flexibility index (Phi) is 6.23. The number of hydrogen-bond donors (Lipinski definition) is 3. The van der Waals surface area contributed by atoms with Gasteiger partial charge in [0.2, 0.25) is 0 Å². The lowest BCUT2D eigenvalue weighted by Crippen LogP contribution is -2.56. The maximum Gasteiger partial charge on any atom is 0.317 e. The van der Waals surface area contributed by atoms with Gasteiger partial charge in [0.25, 0.3) is 0 Å². The molecule has 6 nitrogen and oxygen atoms in total. The number of carbonyl (C=O) groups is 2. The number of aliphatic carboxylic acids is 1. The van der Waals surface area contributed by atoms with Crippen LogP contribution in [0.1, 0.15) is 48.0 Å². The Bertz CT molecular complexity index is 596. The minimum absolute atomic E-state index is 0.0232. The molecule has 24 heavy (non-hydrogen) atoms. The molecule has 0 bridgehead atoms. The van der Waals surface area contributed by atoms with E-state index < -0.39 is 5.97 Å². The number of carbonyl (C=O) groups excluding carboxylic acids is 1. The van der Waals surface area contributed by atoms with E-state index in [4.69, 9.17) is 5.11 Å². The van der Waals surface area contributed by atoms with Crippen LogP contribution >= 0.6 is 11.3 Å². The van der Waals surface area contributed by atoms with Crippen molar-refractivity contribution in [3.63, 3.8) is 0 Å². The topological polar surface area (TPSA) is 81.7 Å². The maximum atomic E-state index is 12.1. The zero-order valence-electron chi connectivity index (χ0n) is 14.8. The summed E-state index contributed by atoms with van der Waals surface area (Å²) in [6.45, 7) is 8.87. The van der Waals surface area contributed by atoms with Crippen molar-refractivity contribution in [1.82, 2.24) is 15.5 Å². The van der Waals surface area contributed by atoms with Gasteiger partial charge in [0.1, 0.15) is 0 Å². The second-order valence-corrected chi connectivity index (χ2v) is 7.95. The molecule has 0 spiro atoms. The highest BCUT2D eigenvalue weighted by molar-refractivity contribution is 7.12. The third-order valence-corrected chi connectivity index (χ3v) is 5.58. The van der Waals surface area contributed by atoms with Crippen molar-refractivity contribution in [1.29, 1.82) is 0 Å². The van der Waals surface area contributed by atoms with Gasteiger partial charge < -0.3 is 15.7 Å². The number of nitrogens with one attached hydrogen (secondary N) is 2. The molecule has 1 saturated carbocycles. The smallest absolute Gasteiger partial charge is 0.317 e. The standard InChI is InChI=1S/C17H27N3O3S/c1-5-20(9-16(21)22)14-7-13(8-14)19-17(23)18-11(3)15-6-10(2)24-12(15)4/h6,11,13-14H,5,7-9H2,1-4H3,(H,21,22)(H2,18,19,23). The molecule has 1 aromatic heterocycles. The summed E-state index contributed by atoms with van der Waals surface area (Å²) < 4.78 is 0. The molecule has 1 aliphatic rings. The lowest BCUT2D eigenvalue weighted by molar-refractivity contribution is -0.139. The molecule has 0 saturated heterocycles. The predicted molar refractivity (Wildman–Crippen MR) is 95.6 cm³/mol. The fourth-order valence-corrected chi connectivity index (χ4v) is 4.28. The summed E-state index contributed by atoms with van der Waals surface area (Å²) in [5, 5.41) is 14.9. The molecule has 0 radical (unpaired) electrons. The van der Waals surface area contributed by atoms with E-state index in [0.717, 1.165) is 18.4 Å². The minimum atomic E-state index is -0.804. The van der Waals surface area contributed by atoms with Gasteiger partial charge in [-0.3, -0.25) is 9.69 Å². The quantitative estimate of drug-likeness (QED) is 0.704. The first-order chi connectivity index (χ1) is 11.3. The Labute approximate surface area is 147 Å².